The molecule has 0 amide bonds. The fourth-order valence-electron chi connectivity index (χ4n) is 1.90. The minimum atomic E-state index is -0.193. The monoisotopic (exact) mass is 251 g/mol. The van der Waals surface area contributed by atoms with Gasteiger partial charge in [-0.25, -0.2) is 4.39 Å². The van der Waals surface area contributed by atoms with Crippen LogP contribution in [-0.2, 0) is 4.74 Å². The summed E-state index contributed by atoms with van der Waals surface area (Å²) in [5.74, 6) is 0.556. The summed E-state index contributed by atoms with van der Waals surface area (Å²) in [6.45, 7) is 4.76. The largest absolute Gasteiger partial charge is 0.372 e. The van der Waals surface area contributed by atoms with Crippen LogP contribution in [0.4, 0.5) is 4.39 Å². The molecule has 1 aliphatic carbocycles. The van der Waals surface area contributed by atoms with Gasteiger partial charge in [0.1, 0.15) is 5.82 Å². The van der Waals surface area contributed by atoms with E-state index in [0.717, 1.165) is 37.6 Å². The average Bonchev–Trinajstić information content (AvgIpc) is 3.19. The van der Waals surface area contributed by atoms with Crippen molar-refractivity contribution in [3.63, 3.8) is 0 Å². The molecule has 1 aliphatic rings. The molecule has 1 aromatic rings. The van der Waals surface area contributed by atoms with E-state index in [-0.39, 0.29) is 11.9 Å². The van der Waals surface area contributed by atoms with Crippen molar-refractivity contribution in [3.05, 3.63) is 35.6 Å². The molecule has 0 spiro atoms. The van der Waals surface area contributed by atoms with Gasteiger partial charge in [-0.2, -0.15) is 0 Å². The van der Waals surface area contributed by atoms with Gasteiger partial charge in [0.05, 0.1) is 12.7 Å². The van der Waals surface area contributed by atoms with Crippen LogP contribution >= 0.6 is 0 Å². The van der Waals surface area contributed by atoms with Crippen molar-refractivity contribution in [1.29, 1.82) is 0 Å². The van der Waals surface area contributed by atoms with Crippen LogP contribution in [0.3, 0.4) is 0 Å². The van der Waals surface area contributed by atoms with Crippen molar-refractivity contribution in [2.24, 2.45) is 5.92 Å². The van der Waals surface area contributed by atoms with E-state index in [1.807, 2.05) is 12.1 Å². The highest BCUT2D eigenvalue weighted by atomic mass is 19.1. The Morgan fingerprint density at radius 3 is 2.67 bits per heavy atom. The van der Waals surface area contributed by atoms with Gasteiger partial charge in [-0.3, -0.25) is 0 Å². The second-order valence-corrected chi connectivity index (χ2v) is 5.02. The molecule has 0 aliphatic heterocycles. The van der Waals surface area contributed by atoms with Crippen molar-refractivity contribution < 1.29 is 9.13 Å². The molecular weight excluding hydrogens is 229 g/mol. The molecule has 0 bridgehead atoms. The standard InChI is InChI=1S/C15H22FNO/c1-2-9-17-10-15(18-11-12-3-4-12)13-5-7-14(16)8-6-13/h5-8,12,15,17H,2-4,9-11H2,1H3. The van der Waals surface area contributed by atoms with Crippen molar-refractivity contribution >= 4 is 0 Å². The Morgan fingerprint density at radius 2 is 2.06 bits per heavy atom. The first kappa shape index (κ1) is 13.5. The molecule has 1 saturated carbocycles. The summed E-state index contributed by atoms with van der Waals surface area (Å²) in [7, 11) is 0. The van der Waals surface area contributed by atoms with Crippen LogP contribution in [0.15, 0.2) is 24.3 Å². The van der Waals surface area contributed by atoms with E-state index in [4.69, 9.17) is 4.74 Å². The highest BCUT2D eigenvalue weighted by molar-refractivity contribution is 5.19. The van der Waals surface area contributed by atoms with Gasteiger partial charge in [0, 0.05) is 6.54 Å². The molecule has 100 valence electrons. The maximum absolute atomic E-state index is 12.9. The first-order valence-corrected chi connectivity index (χ1v) is 6.87. The van der Waals surface area contributed by atoms with Gasteiger partial charge in [0.2, 0.25) is 0 Å². The lowest BCUT2D eigenvalue weighted by molar-refractivity contribution is 0.0453. The second-order valence-electron chi connectivity index (χ2n) is 5.02. The molecule has 0 saturated heterocycles. The SMILES string of the molecule is CCCNCC(OCC1CC1)c1ccc(F)cc1. The fourth-order valence-corrected chi connectivity index (χ4v) is 1.90. The first-order chi connectivity index (χ1) is 8.79. The van der Waals surface area contributed by atoms with Gasteiger partial charge in [0.25, 0.3) is 0 Å². The molecule has 0 radical (unpaired) electrons. The lowest BCUT2D eigenvalue weighted by atomic mass is 10.1. The second kappa shape index (κ2) is 6.86. The first-order valence-electron chi connectivity index (χ1n) is 6.87. The van der Waals surface area contributed by atoms with E-state index >= 15 is 0 Å². The molecular formula is C15H22FNO. The fraction of sp³-hybridized carbons (Fsp3) is 0.600. The zero-order chi connectivity index (χ0) is 12.8. The topological polar surface area (TPSA) is 21.3 Å². The van der Waals surface area contributed by atoms with E-state index in [9.17, 15) is 4.39 Å². The van der Waals surface area contributed by atoms with Crippen LogP contribution in [0.2, 0.25) is 0 Å². The number of hydrogen-bond acceptors (Lipinski definition) is 2. The van der Waals surface area contributed by atoms with Gasteiger partial charge in [-0.15, -0.1) is 0 Å². The van der Waals surface area contributed by atoms with Crippen LogP contribution in [0.25, 0.3) is 0 Å². The Hall–Kier alpha value is -0.930. The molecule has 1 atom stereocenters. The van der Waals surface area contributed by atoms with Crippen molar-refractivity contribution in [1.82, 2.24) is 5.32 Å². The molecule has 1 fully saturated rings. The highest BCUT2D eigenvalue weighted by Gasteiger charge is 2.23. The average molecular weight is 251 g/mol. The molecule has 18 heavy (non-hydrogen) atoms. The van der Waals surface area contributed by atoms with Gasteiger partial charge in [0.15, 0.2) is 0 Å². The maximum atomic E-state index is 12.9. The number of halogens is 1. The van der Waals surface area contributed by atoms with Gasteiger partial charge < -0.3 is 10.1 Å². The summed E-state index contributed by atoms with van der Waals surface area (Å²) in [6, 6.07) is 6.65. The minimum absolute atomic E-state index is 0.0396. The molecule has 1 N–H and O–H groups in total. The normalized spacial score (nSPS) is 16.8. The predicted molar refractivity (Wildman–Crippen MR) is 71.0 cm³/mol. The Morgan fingerprint density at radius 1 is 1.33 bits per heavy atom. The van der Waals surface area contributed by atoms with E-state index in [1.54, 1.807) is 0 Å². The summed E-state index contributed by atoms with van der Waals surface area (Å²) < 4.78 is 18.9. The molecule has 2 rings (SSSR count). The Bertz CT molecular complexity index is 348. The summed E-state index contributed by atoms with van der Waals surface area (Å²) >= 11 is 0. The number of rotatable bonds is 8. The van der Waals surface area contributed by atoms with Crippen molar-refractivity contribution in [2.45, 2.75) is 32.3 Å². The number of benzene rings is 1. The zero-order valence-corrected chi connectivity index (χ0v) is 11.0. The van der Waals surface area contributed by atoms with E-state index in [2.05, 4.69) is 12.2 Å². The zero-order valence-electron chi connectivity index (χ0n) is 11.0. The summed E-state index contributed by atoms with van der Waals surface area (Å²) in [6.07, 6.45) is 3.73. The predicted octanol–water partition coefficient (Wildman–Crippen LogP) is 3.29. The van der Waals surface area contributed by atoms with Gasteiger partial charge in [-0.05, 0) is 49.4 Å². The van der Waals surface area contributed by atoms with Crippen LogP contribution in [0.5, 0.6) is 0 Å². The summed E-state index contributed by atoms with van der Waals surface area (Å²) in [5.41, 5.74) is 1.06. The third-order valence-corrected chi connectivity index (χ3v) is 3.23. The van der Waals surface area contributed by atoms with Crippen LogP contribution in [0, 0.1) is 11.7 Å². The minimum Gasteiger partial charge on any atom is -0.372 e. The van der Waals surface area contributed by atoms with E-state index < -0.39 is 0 Å². The van der Waals surface area contributed by atoms with Crippen LogP contribution in [-0.4, -0.2) is 19.7 Å². The highest BCUT2D eigenvalue weighted by Crippen LogP contribution is 2.31. The lowest BCUT2D eigenvalue weighted by Gasteiger charge is -2.19. The number of nitrogens with one attached hydrogen (secondary N) is 1. The van der Waals surface area contributed by atoms with Crippen molar-refractivity contribution in [3.8, 4) is 0 Å². The number of hydrogen-bond donors (Lipinski definition) is 1. The van der Waals surface area contributed by atoms with E-state index in [1.165, 1.54) is 25.0 Å². The van der Waals surface area contributed by atoms with E-state index in [0.29, 0.717) is 0 Å². The Balaban J connectivity index is 1.90. The molecule has 1 aromatic carbocycles. The molecule has 2 nitrogen and oxygen atoms in total. The lowest BCUT2D eigenvalue weighted by Crippen LogP contribution is -2.24. The van der Waals surface area contributed by atoms with Crippen LogP contribution in [0.1, 0.15) is 37.9 Å². The smallest absolute Gasteiger partial charge is 0.123 e. The Kier molecular flexibility index (Phi) is 5.14. The molecule has 0 heterocycles. The maximum Gasteiger partial charge on any atom is 0.123 e. The third kappa shape index (κ3) is 4.39. The van der Waals surface area contributed by atoms with Crippen LogP contribution < -0.4 is 5.32 Å². The summed E-state index contributed by atoms with van der Waals surface area (Å²) in [5, 5.41) is 3.37. The van der Waals surface area contributed by atoms with Crippen molar-refractivity contribution in [2.75, 3.05) is 19.7 Å². The van der Waals surface area contributed by atoms with Gasteiger partial charge >= 0.3 is 0 Å². The third-order valence-electron chi connectivity index (χ3n) is 3.23. The van der Waals surface area contributed by atoms with Gasteiger partial charge in [-0.1, -0.05) is 19.1 Å². The molecule has 0 aromatic heterocycles. The number of ether oxygens (including phenoxy) is 1. The quantitative estimate of drug-likeness (QED) is 0.716. The molecule has 1 unspecified atom stereocenters. The Labute approximate surface area is 109 Å². The molecule has 3 heteroatoms. The summed E-state index contributed by atoms with van der Waals surface area (Å²) in [4.78, 5) is 0.